The van der Waals surface area contributed by atoms with Gasteiger partial charge in [0.1, 0.15) is 5.52 Å². The van der Waals surface area contributed by atoms with Gasteiger partial charge < -0.3 is 20.4 Å². The summed E-state index contributed by atoms with van der Waals surface area (Å²) in [6.07, 6.45) is 1.74. The van der Waals surface area contributed by atoms with Crippen LogP contribution in [0.25, 0.3) is 11.2 Å². The van der Waals surface area contributed by atoms with E-state index in [0.717, 1.165) is 17.9 Å². The van der Waals surface area contributed by atoms with Crippen LogP contribution in [-0.4, -0.2) is 45.7 Å². The van der Waals surface area contributed by atoms with Crippen molar-refractivity contribution in [3.05, 3.63) is 6.33 Å². The maximum Gasteiger partial charge on any atom is 0.226 e. The van der Waals surface area contributed by atoms with Gasteiger partial charge in [-0.25, -0.2) is 4.98 Å². The molecule has 7 nitrogen and oxygen atoms in total. The Morgan fingerprint density at radius 2 is 2.16 bits per heavy atom. The molecule has 2 aromatic rings. The second-order valence-corrected chi connectivity index (χ2v) is 4.17. The molecule has 19 heavy (non-hydrogen) atoms. The van der Waals surface area contributed by atoms with E-state index in [9.17, 15) is 0 Å². The maximum absolute atomic E-state index is 5.49. The third-order valence-corrected chi connectivity index (χ3v) is 2.63. The van der Waals surface area contributed by atoms with Crippen LogP contribution in [0.3, 0.4) is 0 Å². The molecule has 1 atom stereocenters. The van der Waals surface area contributed by atoms with Crippen LogP contribution in [0.4, 0.5) is 11.8 Å². The average Bonchev–Trinajstić information content (AvgIpc) is 2.85. The molecule has 0 saturated heterocycles. The number of hydrogen-bond acceptors (Lipinski definition) is 6. The Labute approximate surface area is 112 Å². The first-order valence-electron chi connectivity index (χ1n) is 6.55. The van der Waals surface area contributed by atoms with Gasteiger partial charge in [-0.15, -0.1) is 0 Å². The minimum Gasteiger partial charge on any atom is -0.377 e. The van der Waals surface area contributed by atoms with Crippen molar-refractivity contribution in [3.63, 3.8) is 0 Å². The van der Waals surface area contributed by atoms with Crippen molar-refractivity contribution in [2.75, 3.05) is 30.3 Å². The molecule has 0 radical (unpaired) electrons. The molecule has 0 aliphatic heterocycles. The van der Waals surface area contributed by atoms with Gasteiger partial charge in [-0.05, 0) is 20.8 Å². The topological polar surface area (TPSA) is 87.8 Å². The molecule has 0 aromatic carbocycles. The van der Waals surface area contributed by atoms with Crippen molar-refractivity contribution in [2.45, 2.75) is 26.9 Å². The first-order valence-corrected chi connectivity index (χ1v) is 6.55. The second-order valence-electron chi connectivity index (χ2n) is 4.17. The summed E-state index contributed by atoms with van der Waals surface area (Å²) in [5.41, 5.74) is 1.46. The van der Waals surface area contributed by atoms with Gasteiger partial charge in [0.15, 0.2) is 11.5 Å². The molecular formula is C12H20N6O. The minimum atomic E-state index is 0.125. The molecule has 0 fully saturated rings. The quantitative estimate of drug-likeness (QED) is 0.704. The van der Waals surface area contributed by atoms with Gasteiger partial charge in [0.05, 0.1) is 12.4 Å². The number of nitrogens with zero attached hydrogens (tertiary/aromatic N) is 3. The molecule has 1 unspecified atom stereocenters. The largest absolute Gasteiger partial charge is 0.377 e. The highest BCUT2D eigenvalue weighted by molar-refractivity contribution is 5.83. The first kappa shape index (κ1) is 13.5. The van der Waals surface area contributed by atoms with E-state index in [0.29, 0.717) is 24.7 Å². The number of aromatic nitrogens is 4. The lowest BCUT2D eigenvalue weighted by molar-refractivity contribution is 0.0855. The zero-order valence-corrected chi connectivity index (χ0v) is 11.5. The van der Waals surface area contributed by atoms with Crippen LogP contribution in [0.15, 0.2) is 6.33 Å². The van der Waals surface area contributed by atoms with E-state index in [-0.39, 0.29) is 6.10 Å². The highest BCUT2D eigenvalue weighted by atomic mass is 16.5. The fourth-order valence-electron chi connectivity index (χ4n) is 1.78. The van der Waals surface area contributed by atoms with Crippen molar-refractivity contribution in [1.82, 2.24) is 19.9 Å². The minimum absolute atomic E-state index is 0.125. The lowest BCUT2D eigenvalue weighted by atomic mass is 10.4. The van der Waals surface area contributed by atoms with Crippen LogP contribution < -0.4 is 10.6 Å². The molecule has 2 heterocycles. The summed E-state index contributed by atoms with van der Waals surface area (Å²) in [4.78, 5) is 16.0. The molecule has 0 spiro atoms. The Bertz CT molecular complexity index is 526. The number of rotatable bonds is 7. The van der Waals surface area contributed by atoms with Gasteiger partial charge in [-0.2, -0.15) is 9.97 Å². The number of imidazole rings is 1. The number of anilines is 2. The molecule has 0 amide bonds. The monoisotopic (exact) mass is 264 g/mol. The molecule has 104 valence electrons. The SMILES string of the molecule is CCNc1nc(NCC(C)OCC)c2[nH]cnc2n1. The van der Waals surface area contributed by atoms with Gasteiger partial charge in [-0.3, -0.25) is 0 Å². The van der Waals surface area contributed by atoms with Crippen LogP contribution in [0.1, 0.15) is 20.8 Å². The van der Waals surface area contributed by atoms with E-state index < -0.39 is 0 Å². The Balaban J connectivity index is 2.17. The van der Waals surface area contributed by atoms with E-state index >= 15 is 0 Å². The number of ether oxygens (including phenoxy) is 1. The number of H-pyrrole nitrogens is 1. The van der Waals surface area contributed by atoms with Crippen molar-refractivity contribution in [2.24, 2.45) is 0 Å². The van der Waals surface area contributed by atoms with E-state index in [1.165, 1.54) is 0 Å². The summed E-state index contributed by atoms with van der Waals surface area (Å²) in [6, 6.07) is 0. The van der Waals surface area contributed by atoms with Crippen LogP contribution in [-0.2, 0) is 4.74 Å². The van der Waals surface area contributed by atoms with Crippen LogP contribution in [0.2, 0.25) is 0 Å². The standard InChI is InChI=1S/C12H20N6O/c1-4-13-12-17-10(14-6-8(3)19-5-2)9-11(18-12)16-7-15-9/h7-8H,4-6H2,1-3H3,(H3,13,14,15,16,17,18). The third-order valence-electron chi connectivity index (χ3n) is 2.63. The van der Waals surface area contributed by atoms with Crippen LogP contribution in [0, 0.1) is 0 Å². The predicted molar refractivity (Wildman–Crippen MR) is 75.4 cm³/mol. The summed E-state index contributed by atoms with van der Waals surface area (Å²) in [5.74, 6) is 1.32. The van der Waals surface area contributed by atoms with E-state index in [2.05, 4.69) is 30.6 Å². The highest BCUT2D eigenvalue weighted by Crippen LogP contribution is 2.18. The average molecular weight is 264 g/mol. The van der Waals surface area contributed by atoms with Crippen molar-refractivity contribution < 1.29 is 4.74 Å². The summed E-state index contributed by atoms with van der Waals surface area (Å²) in [6.45, 7) is 8.16. The highest BCUT2D eigenvalue weighted by Gasteiger charge is 2.10. The maximum atomic E-state index is 5.49. The van der Waals surface area contributed by atoms with Crippen LogP contribution in [0.5, 0.6) is 0 Å². The summed E-state index contributed by atoms with van der Waals surface area (Å²) in [5, 5.41) is 6.37. The number of fused-ring (bicyclic) bond motifs is 1. The van der Waals surface area contributed by atoms with Gasteiger partial charge in [0, 0.05) is 19.7 Å². The fourth-order valence-corrected chi connectivity index (χ4v) is 1.78. The second kappa shape index (κ2) is 6.33. The molecule has 0 aliphatic rings. The Hall–Kier alpha value is -1.89. The van der Waals surface area contributed by atoms with E-state index in [4.69, 9.17) is 4.74 Å². The predicted octanol–water partition coefficient (Wildman–Crippen LogP) is 1.62. The number of nitrogens with one attached hydrogen (secondary N) is 3. The Kier molecular flexibility index (Phi) is 4.51. The van der Waals surface area contributed by atoms with Crippen molar-refractivity contribution >= 4 is 22.9 Å². The van der Waals surface area contributed by atoms with Crippen molar-refractivity contribution in [1.29, 1.82) is 0 Å². The fraction of sp³-hybridized carbons (Fsp3) is 0.583. The van der Waals surface area contributed by atoms with E-state index in [1.54, 1.807) is 6.33 Å². The lowest BCUT2D eigenvalue weighted by Crippen LogP contribution is -2.20. The zero-order valence-electron chi connectivity index (χ0n) is 11.5. The Morgan fingerprint density at radius 1 is 1.32 bits per heavy atom. The number of aromatic amines is 1. The van der Waals surface area contributed by atoms with Gasteiger partial charge >= 0.3 is 0 Å². The third kappa shape index (κ3) is 3.31. The molecule has 2 rings (SSSR count). The summed E-state index contributed by atoms with van der Waals surface area (Å²) < 4.78 is 5.49. The zero-order chi connectivity index (χ0) is 13.7. The smallest absolute Gasteiger partial charge is 0.226 e. The van der Waals surface area contributed by atoms with E-state index in [1.807, 2.05) is 20.8 Å². The molecule has 0 aliphatic carbocycles. The summed E-state index contributed by atoms with van der Waals surface area (Å²) in [7, 11) is 0. The molecule has 7 heteroatoms. The van der Waals surface area contributed by atoms with Crippen molar-refractivity contribution in [3.8, 4) is 0 Å². The lowest BCUT2D eigenvalue weighted by Gasteiger charge is -2.13. The molecule has 3 N–H and O–H groups in total. The molecule has 0 bridgehead atoms. The molecule has 2 aromatic heterocycles. The first-order chi connectivity index (χ1) is 9.24. The van der Waals surface area contributed by atoms with Gasteiger partial charge in [0.2, 0.25) is 5.95 Å². The molecule has 0 saturated carbocycles. The van der Waals surface area contributed by atoms with Crippen LogP contribution >= 0.6 is 0 Å². The van der Waals surface area contributed by atoms with Gasteiger partial charge in [-0.1, -0.05) is 0 Å². The molecular weight excluding hydrogens is 244 g/mol. The van der Waals surface area contributed by atoms with Gasteiger partial charge in [0.25, 0.3) is 0 Å². The summed E-state index contributed by atoms with van der Waals surface area (Å²) >= 11 is 0. The Morgan fingerprint density at radius 3 is 2.89 bits per heavy atom. The number of hydrogen-bond donors (Lipinski definition) is 3. The normalized spacial score (nSPS) is 12.6.